The van der Waals surface area contributed by atoms with Gasteiger partial charge in [0, 0.05) is 24.3 Å². The summed E-state index contributed by atoms with van der Waals surface area (Å²) in [5.74, 6) is 0.0397. The molecule has 0 heterocycles. The maximum absolute atomic E-state index is 10.6. The van der Waals surface area contributed by atoms with Crippen molar-refractivity contribution in [1.29, 1.82) is 0 Å². The van der Waals surface area contributed by atoms with Gasteiger partial charge in [0.1, 0.15) is 0 Å². The van der Waals surface area contributed by atoms with Gasteiger partial charge in [-0.1, -0.05) is 6.92 Å². The predicted octanol–water partition coefficient (Wildman–Crippen LogP) is 0.913. The average Bonchev–Trinajstić information content (AvgIpc) is 2.09. The Balaban J connectivity index is 3.62. The molecule has 0 aliphatic carbocycles. The molecule has 0 amide bonds. The number of methoxy groups -OCH3 is 1. The van der Waals surface area contributed by atoms with Crippen molar-refractivity contribution in [2.24, 2.45) is 0 Å². The van der Waals surface area contributed by atoms with E-state index < -0.39 is 9.05 Å². The molecule has 0 aromatic heterocycles. The second-order valence-electron chi connectivity index (χ2n) is 3.02. The molecule has 0 fully saturated rings. The van der Waals surface area contributed by atoms with Crippen molar-refractivity contribution in [1.82, 2.24) is 4.90 Å². The van der Waals surface area contributed by atoms with Crippen LogP contribution in [-0.2, 0) is 13.8 Å². The second-order valence-corrected chi connectivity index (χ2v) is 5.92. The Labute approximate surface area is 90.6 Å². The lowest BCUT2D eigenvalue weighted by atomic mass is 10.4. The van der Waals surface area contributed by atoms with Crippen molar-refractivity contribution < 1.29 is 13.2 Å². The Morgan fingerprint density at radius 3 is 2.43 bits per heavy atom. The zero-order chi connectivity index (χ0) is 11.0. The van der Waals surface area contributed by atoms with Gasteiger partial charge in [0.2, 0.25) is 9.05 Å². The Kier molecular flexibility index (Phi) is 7.54. The fourth-order valence-electron chi connectivity index (χ4n) is 1.11. The van der Waals surface area contributed by atoms with Gasteiger partial charge in [-0.05, 0) is 19.5 Å². The summed E-state index contributed by atoms with van der Waals surface area (Å²) >= 11 is 0. The number of rotatable bonds is 8. The summed E-state index contributed by atoms with van der Waals surface area (Å²) in [6.45, 7) is 5.17. The topological polar surface area (TPSA) is 46.6 Å². The molecular weight excluding hydrogens is 226 g/mol. The van der Waals surface area contributed by atoms with Gasteiger partial charge in [-0.15, -0.1) is 0 Å². The van der Waals surface area contributed by atoms with E-state index in [9.17, 15) is 8.42 Å². The highest BCUT2D eigenvalue weighted by Gasteiger charge is 2.07. The number of hydrogen-bond acceptors (Lipinski definition) is 4. The van der Waals surface area contributed by atoms with Crippen LogP contribution in [-0.4, -0.2) is 52.4 Å². The van der Waals surface area contributed by atoms with Crippen LogP contribution in [0.5, 0.6) is 0 Å². The number of hydrogen-bond donors (Lipinski definition) is 0. The van der Waals surface area contributed by atoms with E-state index >= 15 is 0 Å². The molecule has 6 heteroatoms. The van der Waals surface area contributed by atoms with Crippen molar-refractivity contribution in [3.05, 3.63) is 0 Å². The summed E-state index contributed by atoms with van der Waals surface area (Å²) in [4.78, 5) is 2.13. The van der Waals surface area contributed by atoms with Gasteiger partial charge >= 0.3 is 0 Å². The van der Waals surface area contributed by atoms with Crippen molar-refractivity contribution in [3.63, 3.8) is 0 Å². The third-order valence-electron chi connectivity index (χ3n) is 1.92. The van der Waals surface area contributed by atoms with Crippen LogP contribution in [0.2, 0.25) is 0 Å². The first kappa shape index (κ1) is 14.2. The SMILES string of the molecule is CCN(CCCS(=O)(=O)Cl)CCOC. The first-order valence-corrected chi connectivity index (χ1v) is 7.11. The van der Waals surface area contributed by atoms with E-state index in [1.165, 1.54) is 0 Å². The quantitative estimate of drug-likeness (QED) is 0.595. The highest BCUT2D eigenvalue weighted by molar-refractivity contribution is 8.13. The van der Waals surface area contributed by atoms with Crippen LogP contribution >= 0.6 is 10.7 Å². The Hall–Kier alpha value is 0.160. The fraction of sp³-hybridized carbons (Fsp3) is 1.00. The van der Waals surface area contributed by atoms with Crippen molar-refractivity contribution in [2.45, 2.75) is 13.3 Å². The van der Waals surface area contributed by atoms with E-state index in [0.717, 1.165) is 19.6 Å². The summed E-state index contributed by atoms with van der Waals surface area (Å²) in [5.41, 5.74) is 0. The van der Waals surface area contributed by atoms with Gasteiger partial charge in [0.05, 0.1) is 12.4 Å². The lowest BCUT2D eigenvalue weighted by Gasteiger charge is -2.19. The summed E-state index contributed by atoms with van der Waals surface area (Å²) in [7, 11) is 3.41. The molecule has 14 heavy (non-hydrogen) atoms. The third kappa shape index (κ3) is 8.74. The fourth-order valence-corrected chi connectivity index (χ4v) is 1.91. The molecule has 0 aliphatic rings. The van der Waals surface area contributed by atoms with Crippen molar-refractivity contribution >= 4 is 19.7 Å². The monoisotopic (exact) mass is 243 g/mol. The van der Waals surface area contributed by atoms with Crippen LogP contribution < -0.4 is 0 Å². The van der Waals surface area contributed by atoms with Crippen LogP contribution in [0.1, 0.15) is 13.3 Å². The molecule has 86 valence electrons. The zero-order valence-corrected chi connectivity index (χ0v) is 10.3. The maximum Gasteiger partial charge on any atom is 0.232 e. The summed E-state index contributed by atoms with van der Waals surface area (Å²) in [6, 6.07) is 0. The largest absolute Gasteiger partial charge is 0.383 e. The van der Waals surface area contributed by atoms with E-state index in [1.54, 1.807) is 7.11 Å². The normalized spacial score (nSPS) is 12.3. The van der Waals surface area contributed by atoms with E-state index in [4.69, 9.17) is 15.4 Å². The van der Waals surface area contributed by atoms with Gasteiger partial charge in [0.15, 0.2) is 0 Å². The smallest absolute Gasteiger partial charge is 0.232 e. The number of likely N-dealkylation sites (N-methyl/N-ethyl adjacent to an activating group) is 1. The highest BCUT2D eigenvalue weighted by Crippen LogP contribution is 2.00. The predicted molar refractivity (Wildman–Crippen MR) is 58.2 cm³/mol. The number of ether oxygens (including phenoxy) is 1. The molecule has 0 atom stereocenters. The Morgan fingerprint density at radius 1 is 1.36 bits per heavy atom. The van der Waals surface area contributed by atoms with Gasteiger partial charge in [-0.2, -0.15) is 0 Å². The lowest BCUT2D eigenvalue weighted by Crippen LogP contribution is -2.29. The zero-order valence-electron chi connectivity index (χ0n) is 8.70. The van der Waals surface area contributed by atoms with Gasteiger partial charge in [-0.3, -0.25) is 0 Å². The molecule has 0 aliphatic heterocycles. The first-order valence-electron chi connectivity index (χ1n) is 4.63. The van der Waals surface area contributed by atoms with Crippen LogP contribution in [0.3, 0.4) is 0 Å². The Bertz CT molecular complexity index is 231. The van der Waals surface area contributed by atoms with Gasteiger partial charge < -0.3 is 9.64 Å². The molecule has 0 N–H and O–H groups in total. The third-order valence-corrected chi connectivity index (χ3v) is 3.16. The van der Waals surface area contributed by atoms with Crippen molar-refractivity contribution in [3.8, 4) is 0 Å². The lowest BCUT2D eigenvalue weighted by molar-refractivity contribution is 0.151. The highest BCUT2D eigenvalue weighted by atomic mass is 35.7. The molecule has 0 radical (unpaired) electrons. The summed E-state index contributed by atoms with van der Waals surface area (Å²) < 4.78 is 26.2. The maximum atomic E-state index is 10.6. The van der Waals surface area contributed by atoms with Crippen LogP contribution in [0, 0.1) is 0 Å². The standard InChI is InChI=1S/C8H18ClNO3S/c1-3-10(6-7-13-2)5-4-8-14(9,11)12/h3-8H2,1-2H3. The second kappa shape index (κ2) is 7.45. The summed E-state index contributed by atoms with van der Waals surface area (Å²) in [5, 5.41) is 0. The van der Waals surface area contributed by atoms with Gasteiger partial charge in [-0.25, -0.2) is 8.42 Å². The Morgan fingerprint density at radius 2 is 2.00 bits per heavy atom. The molecule has 0 saturated carbocycles. The van der Waals surface area contributed by atoms with Crippen molar-refractivity contribution in [2.75, 3.05) is 39.1 Å². The molecule has 4 nitrogen and oxygen atoms in total. The minimum absolute atomic E-state index is 0.0397. The van der Waals surface area contributed by atoms with Crippen LogP contribution in [0.15, 0.2) is 0 Å². The van der Waals surface area contributed by atoms with E-state index in [2.05, 4.69) is 4.90 Å². The van der Waals surface area contributed by atoms with E-state index in [1.807, 2.05) is 6.92 Å². The molecule has 0 spiro atoms. The van der Waals surface area contributed by atoms with E-state index in [0.29, 0.717) is 13.0 Å². The number of nitrogens with zero attached hydrogens (tertiary/aromatic N) is 1. The van der Waals surface area contributed by atoms with Crippen LogP contribution in [0.25, 0.3) is 0 Å². The first-order chi connectivity index (χ1) is 6.49. The minimum Gasteiger partial charge on any atom is -0.383 e. The van der Waals surface area contributed by atoms with Crippen LogP contribution in [0.4, 0.5) is 0 Å². The molecule has 0 aromatic carbocycles. The molecule has 0 saturated heterocycles. The molecular formula is C8H18ClNO3S. The molecule has 0 unspecified atom stereocenters. The van der Waals surface area contributed by atoms with Gasteiger partial charge in [0.25, 0.3) is 0 Å². The van der Waals surface area contributed by atoms with E-state index in [-0.39, 0.29) is 5.75 Å². The molecule has 0 aromatic rings. The number of halogens is 1. The average molecular weight is 244 g/mol. The molecule has 0 bridgehead atoms. The summed E-state index contributed by atoms with van der Waals surface area (Å²) in [6.07, 6.45) is 0.573. The minimum atomic E-state index is -3.33. The molecule has 0 rings (SSSR count).